The predicted octanol–water partition coefficient (Wildman–Crippen LogP) is 1.55. The lowest BCUT2D eigenvalue weighted by Gasteiger charge is -2.14. The van der Waals surface area contributed by atoms with Gasteiger partial charge in [0.2, 0.25) is 5.91 Å². The molecule has 2 amide bonds. The van der Waals surface area contributed by atoms with Crippen LogP contribution in [-0.2, 0) is 9.59 Å². The highest BCUT2D eigenvalue weighted by atomic mass is 79.9. The topological polar surface area (TPSA) is 109 Å². The summed E-state index contributed by atoms with van der Waals surface area (Å²) in [6.07, 6.45) is -0.217. The second kappa shape index (κ2) is 7.25. The van der Waals surface area contributed by atoms with Crippen LogP contribution >= 0.6 is 27.5 Å². The van der Waals surface area contributed by atoms with Gasteiger partial charge >= 0.3 is 5.97 Å². The van der Waals surface area contributed by atoms with Gasteiger partial charge in [0.05, 0.1) is 10.6 Å². The molecule has 0 fully saturated rings. The minimum atomic E-state index is -1.24. The molecule has 108 valence electrons. The van der Waals surface area contributed by atoms with Crippen LogP contribution in [0, 0.1) is 0 Å². The van der Waals surface area contributed by atoms with Crippen LogP contribution in [0.1, 0.15) is 23.2 Å². The van der Waals surface area contributed by atoms with Crippen molar-refractivity contribution in [3.05, 3.63) is 33.3 Å². The molecule has 1 rings (SSSR count). The van der Waals surface area contributed by atoms with Gasteiger partial charge in [0, 0.05) is 10.9 Å². The zero-order chi connectivity index (χ0) is 15.3. The lowest BCUT2D eigenvalue weighted by molar-refractivity contribution is -0.139. The maximum absolute atomic E-state index is 12.0. The van der Waals surface area contributed by atoms with E-state index in [4.69, 9.17) is 22.4 Å². The van der Waals surface area contributed by atoms with Crippen molar-refractivity contribution in [2.75, 3.05) is 0 Å². The van der Waals surface area contributed by atoms with Crippen molar-refractivity contribution in [3.63, 3.8) is 0 Å². The fourth-order valence-electron chi connectivity index (χ4n) is 1.46. The van der Waals surface area contributed by atoms with Crippen LogP contribution in [0.2, 0.25) is 5.02 Å². The second-order valence-corrected chi connectivity index (χ2v) is 5.20. The Kier molecular flexibility index (Phi) is 5.97. The van der Waals surface area contributed by atoms with Gasteiger partial charge in [-0.1, -0.05) is 17.7 Å². The molecule has 0 saturated carbocycles. The van der Waals surface area contributed by atoms with E-state index in [1.165, 1.54) is 6.07 Å². The molecule has 1 aromatic carbocycles. The zero-order valence-corrected chi connectivity index (χ0v) is 12.6. The molecular weight excluding hydrogens is 351 g/mol. The molecule has 0 aliphatic carbocycles. The van der Waals surface area contributed by atoms with Crippen LogP contribution in [0.4, 0.5) is 0 Å². The first-order valence-electron chi connectivity index (χ1n) is 5.59. The fourth-order valence-corrected chi connectivity index (χ4v) is 2.04. The zero-order valence-electron chi connectivity index (χ0n) is 10.2. The highest BCUT2D eigenvalue weighted by Crippen LogP contribution is 2.25. The van der Waals surface area contributed by atoms with Crippen LogP contribution in [0.25, 0.3) is 0 Å². The summed E-state index contributed by atoms with van der Waals surface area (Å²) in [7, 11) is 0. The first-order chi connectivity index (χ1) is 9.32. The quantitative estimate of drug-likeness (QED) is 0.712. The molecule has 4 N–H and O–H groups in total. The molecule has 0 bridgehead atoms. The number of halogens is 2. The Morgan fingerprint density at radius 1 is 1.40 bits per heavy atom. The normalized spacial score (nSPS) is 11.7. The van der Waals surface area contributed by atoms with E-state index >= 15 is 0 Å². The molecule has 0 saturated heterocycles. The van der Waals surface area contributed by atoms with Gasteiger partial charge in [-0.25, -0.2) is 4.79 Å². The predicted molar refractivity (Wildman–Crippen MR) is 76.5 cm³/mol. The van der Waals surface area contributed by atoms with Crippen molar-refractivity contribution < 1.29 is 19.5 Å². The highest BCUT2D eigenvalue weighted by Gasteiger charge is 2.22. The Morgan fingerprint density at radius 2 is 2.05 bits per heavy atom. The van der Waals surface area contributed by atoms with Crippen molar-refractivity contribution in [1.29, 1.82) is 0 Å². The molecule has 0 aliphatic heterocycles. The molecule has 0 aromatic heterocycles. The van der Waals surface area contributed by atoms with Crippen molar-refractivity contribution in [1.82, 2.24) is 5.32 Å². The molecule has 6 nitrogen and oxygen atoms in total. The summed E-state index contributed by atoms with van der Waals surface area (Å²) in [6.45, 7) is 0. The fraction of sp³-hybridized carbons (Fsp3) is 0.250. The summed E-state index contributed by atoms with van der Waals surface area (Å²) in [5.41, 5.74) is 5.10. The molecule has 0 radical (unpaired) electrons. The maximum atomic E-state index is 12.0. The van der Waals surface area contributed by atoms with Crippen LogP contribution in [0.15, 0.2) is 22.7 Å². The Morgan fingerprint density at radius 3 is 2.60 bits per heavy atom. The van der Waals surface area contributed by atoms with Gasteiger partial charge < -0.3 is 16.2 Å². The number of amides is 2. The molecular formula is C12H12BrClN2O4. The maximum Gasteiger partial charge on any atom is 0.326 e. The van der Waals surface area contributed by atoms with E-state index in [0.29, 0.717) is 4.47 Å². The Labute approximate surface area is 128 Å². The first kappa shape index (κ1) is 16.5. The first-order valence-corrected chi connectivity index (χ1v) is 6.76. The molecule has 20 heavy (non-hydrogen) atoms. The Balaban J connectivity index is 2.83. The van der Waals surface area contributed by atoms with Gasteiger partial charge in [-0.2, -0.15) is 0 Å². The number of nitrogens with one attached hydrogen (secondary N) is 1. The number of benzene rings is 1. The number of nitrogens with two attached hydrogens (primary N) is 1. The van der Waals surface area contributed by atoms with E-state index < -0.39 is 23.8 Å². The number of carbonyl (C=O) groups excluding carboxylic acids is 2. The highest BCUT2D eigenvalue weighted by molar-refractivity contribution is 9.10. The number of rotatable bonds is 6. The summed E-state index contributed by atoms with van der Waals surface area (Å²) >= 11 is 9.12. The summed E-state index contributed by atoms with van der Waals surface area (Å²) in [4.78, 5) is 33.7. The number of carbonyl (C=O) groups is 3. The lowest BCUT2D eigenvalue weighted by atomic mass is 10.1. The third-order valence-electron chi connectivity index (χ3n) is 2.48. The monoisotopic (exact) mass is 362 g/mol. The SMILES string of the molecule is NC(=O)CC[C@H](NC(=O)c1cccc(Br)c1Cl)C(=O)O. The minimum absolute atomic E-state index is 0.0813. The van der Waals surface area contributed by atoms with E-state index in [9.17, 15) is 14.4 Å². The third kappa shape index (κ3) is 4.50. The lowest BCUT2D eigenvalue weighted by Crippen LogP contribution is -2.41. The molecule has 8 heteroatoms. The van der Waals surface area contributed by atoms with Crippen LogP contribution in [0.3, 0.4) is 0 Å². The van der Waals surface area contributed by atoms with Gasteiger partial charge in [-0.3, -0.25) is 9.59 Å². The van der Waals surface area contributed by atoms with E-state index in [1.807, 2.05) is 0 Å². The molecule has 0 unspecified atom stereocenters. The van der Waals surface area contributed by atoms with Gasteiger partial charge in [-0.15, -0.1) is 0 Å². The van der Waals surface area contributed by atoms with Gasteiger partial charge in [-0.05, 0) is 34.5 Å². The number of carboxylic acids is 1. The summed E-state index contributed by atoms with van der Waals surface area (Å²) in [5.74, 6) is -2.51. The Hall–Kier alpha value is -1.60. The second-order valence-electron chi connectivity index (χ2n) is 3.97. The molecule has 0 heterocycles. The van der Waals surface area contributed by atoms with E-state index in [0.717, 1.165) is 0 Å². The summed E-state index contributed by atoms with van der Waals surface area (Å²) < 4.78 is 0.524. The van der Waals surface area contributed by atoms with Crippen LogP contribution in [-0.4, -0.2) is 28.9 Å². The third-order valence-corrected chi connectivity index (χ3v) is 3.78. The smallest absolute Gasteiger partial charge is 0.326 e. The van der Waals surface area contributed by atoms with E-state index in [2.05, 4.69) is 21.2 Å². The number of primary amides is 1. The molecule has 1 aromatic rings. The van der Waals surface area contributed by atoms with Gasteiger partial charge in [0.25, 0.3) is 5.91 Å². The molecule has 1 atom stereocenters. The van der Waals surface area contributed by atoms with Gasteiger partial charge in [0.1, 0.15) is 6.04 Å². The number of hydrogen-bond acceptors (Lipinski definition) is 3. The van der Waals surface area contributed by atoms with E-state index in [1.54, 1.807) is 12.1 Å². The van der Waals surface area contributed by atoms with Crippen molar-refractivity contribution in [2.45, 2.75) is 18.9 Å². The molecule has 0 aliphatic rings. The number of carboxylic acid groups (broad SMARTS) is 1. The van der Waals surface area contributed by atoms with Crippen molar-refractivity contribution >= 4 is 45.3 Å². The average molecular weight is 364 g/mol. The van der Waals surface area contributed by atoms with Crippen molar-refractivity contribution in [3.8, 4) is 0 Å². The summed E-state index contributed by atoms with van der Waals surface area (Å²) in [6, 6.07) is 3.52. The average Bonchev–Trinajstić information content (AvgIpc) is 2.36. The standard InChI is InChI=1S/C12H12BrClN2O4/c13-7-3-1-2-6(10(7)14)11(18)16-8(12(19)20)4-5-9(15)17/h1-3,8H,4-5H2,(H2,15,17)(H,16,18)(H,19,20)/t8-/m0/s1. The largest absolute Gasteiger partial charge is 0.480 e. The van der Waals surface area contributed by atoms with E-state index in [-0.39, 0.29) is 23.4 Å². The summed E-state index contributed by atoms with van der Waals surface area (Å²) in [5, 5.41) is 11.5. The van der Waals surface area contributed by atoms with Gasteiger partial charge in [0.15, 0.2) is 0 Å². The van der Waals surface area contributed by atoms with Crippen molar-refractivity contribution in [2.24, 2.45) is 5.73 Å². The number of aliphatic carboxylic acids is 1. The Bertz CT molecular complexity index is 550. The number of hydrogen-bond donors (Lipinski definition) is 3. The van der Waals surface area contributed by atoms with Crippen LogP contribution in [0.5, 0.6) is 0 Å². The van der Waals surface area contributed by atoms with Crippen LogP contribution < -0.4 is 11.1 Å². The minimum Gasteiger partial charge on any atom is -0.480 e. The molecule has 0 spiro atoms.